The van der Waals surface area contributed by atoms with E-state index in [2.05, 4.69) is 16.3 Å². The van der Waals surface area contributed by atoms with E-state index in [1.165, 1.54) is 0 Å². The summed E-state index contributed by atoms with van der Waals surface area (Å²) < 4.78 is 11.3. The third-order valence-electron chi connectivity index (χ3n) is 4.70. The molecule has 0 bridgehead atoms. The number of aromatic amines is 1. The maximum absolute atomic E-state index is 9.60. The number of nitrogens with one attached hydrogen (secondary N) is 1. The number of aryl methyl sites for hydroxylation is 1. The minimum Gasteiger partial charge on any atom is -0.489 e. The Hall–Kier alpha value is -3.43. The van der Waals surface area contributed by atoms with Crippen molar-refractivity contribution < 1.29 is 9.47 Å². The first kappa shape index (κ1) is 18.0. The van der Waals surface area contributed by atoms with Crippen LogP contribution in [0, 0.1) is 18.3 Å². The minimum atomic E-state index is -0.342. The van der Waals surface area contributed by atoms with Gasteiger partial charge in [-0.15, -0.1) is 5.10 Å². The summed E-state index contributed by atoms with van der Waals surface area (Å²) in [5.41, 5.74) is 9.77. The maximum Gasteiger partial charge on any atom is 0.244 e. The first-order chi connectivity index (χ1) is 13.6. The molecule has 6 nitrogen and oxygen atoms in total. The van der Waals surface area contributed by atoms with Gasteiger partial charge in [0.2, 0.25) is 11.8 Å². The molecule has 2 aromatic carbocycles. The van der Waals surface area contributed by atoms with Crippen molar-refractivity contribution in [1.29, 1.82) is 5.26 Å². The number of fused-ring (bicyclic) bond motifs is 1. The zero-order chi connectivity index (χ0) is 19.7. The Kier molecular flexibility index (Phi) is 4.68. The third kappa shape index (κ3) is 3.17. The highest BCUT2D eigenvalue weighted by atomic mass is 35.5. The van der Waals surface area contributed by atoms with Crippen molar-refractivity contribution in [3.63, 3.8) is 0 Å². The molecule has 7 heteroatoms. The Morgan fingerprint density at radius 2 is 2.00 bits per heavy atom. The Bertz CT molecular complexity index is 1100. The van der Waals surface area contributed by atoms with Crippen LogP contribution in [-0.2, 0) is 6.61 Å². The molecule has 3 aromatic rings. The van der Waals surface area contributed by atoms with Crippen LogP contribution in [0.2, 0.25) is 5.02 Å². The van der Waals surface area contributed by atoms with Crippen LogP contribution in [-0.4, -0.2) is 10.2 Å². The third-order valence-corrected chi connectivity index (χ3v) is 5.06. The monoisotopic (exact) mass is 392 g/mol. The molecular formula is C21H17ClN4O2. The molecule has 0 saturated heterocycles. The standard InChI is InChI=1S/C21H17ClN4O2/c1-12-18-19(16(10-23)20(24)28-21(18)26-25-12)13-6-8-15(9-7-13)27-11-14-4-2-3-5-17(14)22/h2-9,19H,11,24H2,1H3,(H,25,26). The normalized spacial score (nSPS) is 15.5. The van der Waals surface area contributed by atoms with E-state index in [0.717, 1.165) is 22.4 Å². The Balaban J connectivity index is 1.61. The molecule has 0 fully saturated rings. The fraction of sp³-hybridized carbons (Fsp3) is 0.143. The van der Waals surface area contributed by atoms with Crippen molar-refractivity contribution in [3.8, 4) is 17.7 Å². The van der Waals surface area contributed by atoms with E-state index < -0.39 is 0 Å². The summed E-state index contributed by atoms with van der Waals surface area (Å²) in [6.07, 6.45) is 0. The number of hydrogen-bond donors (Lipinski definition) is 2. The molecule has 1 aliphatic rings. The fourth-order valence-electron chi connectivity index (χ4n) is 3.27. The summed E-state index contributed by atoms with van der Waals surface area (Å²) in [5, 5.41) is 17.3. The van der Waals surface area contributed by atoms with E-state index in [1.54, 1.807) is 0 Å². The second-order valence-electron chi connectivity index (χ2n) is 6.44. The zero-order valence-corrected chi connectivity index (χ0v) is 15.8. The molecule has 0 saturated carbocycles. The molecule has 28 heavy (non-hydrogen) atoms. The number of rotatable bonds is 4. The summed E-state index contributed by atoms with van der Waals surface area (Å²) >= 11 is 6.17. The molecular weight excluding hydrogens is 376 g/mol. The number of nitriles is 1. The predicted molar refractivity (Wildman–Crippen MR) is 105 cm³/mol. The number of halogens is 1. The first-order valence-electron chi connectivity index (χ1n) is 8.67. The van der Waals surface area contributed by atoms with Crippen LogP contribution < -0.4 is 15.2 Å². The van der Waals surface area contributed by atoms with E-state index in [-0.39, 0.29) is 11.8 Å². The average Bonchev–Trinajstić information content (AvgIpc) is 3.07. The van der Waals surface area contributed by atoms with Crippen LogP contribution in [0.1, 0.15) is 28.3 Å². The van der Waals surface area contributed by atoms with Gasteiger partial charge in [-0.2, -0.15) is 5.26 Å². The first-order valence-corrected chi connectivity index (χ1v) is 9.05. The molecule has 1 unspecified atom stereocenters. The van der Waals surface area contributed by atoms with Gasteiger partial charge in [0.15, 0.2) is 0 Å². The molecule has 1 aromatic heterocycles. The molecule has 2 heterocycles. The quantitative estimate of drug-likeness (QED) is 0.694. The van der Waals surface area contributed by atoms with Crippen LogP contribution in [0.25, 0.3) is 0 Å². The predicted octanol–water partition coefficient (Wildman–Crippen LogP) is 4.17. The largest absolute Gasteiger partial charge is 0.489 e. The smallest absolute Gasteiger partial charge is 0.244 e. The number of benzene rings is 2. The van der Waals surface area contributed by atoms with Crippen LogP contribution in [0.3, 0.4) is 0 Å². The van der Waals surface area contributed by atoms with Gasteiger partial charge in [-0.1, -0.05) is 41.9 Å². The van der Waals surface area contributed by atoms with Crippen LogP contribution in [0.5, 0.6) is 11.6 Å². The highest BCUT2D eigenvalue weighted by molar-refractivity contribution is 6.31. The Labute approximate surface area is 167 Å². The number of aromatic nitrogens is 2. The second kappa shape index (κ2) is 7.29. The number of allylic oxidation sites excluding steroid dienone is 1. The molecule has 1 aliphatic heterocycles. The van der Waals surface area contributed by atoms with Crippen LogP contribution in [0.15, 0.2) is 60.0 Å². The topological polar surface area (TPSA) is 97.0 Å². The Morgan fingerprint density at radius 3 is 2.71 bits per heavy atom. The SMILES string of the molecule is Cc1[nH]nc2c1C(c1ccc(OCc3ccccc3Cl)cc1)C(C#N)=C(N)O2. The van der Waals surface area contributed by atoms with Crippen molar-refractivity contribution in [2.45, 2.75) is 19.4 Å². The summed E-state index contributed by atoms with van der Waals surface area (Å²) in [5.74, 6) is 0.837. The summed E-state index contributed by atoms with van der Waals surface area (Å²) in [7, 11) is 0. The van der Waals surface area contributed by atoms with Gasteiger partial charge in [0.25, 0.3) is 0 Å². The van der Waals surface area contributed by atoms with E-state index in [4.69, 9.17) is 26.8 Å². The molecule has 3 N–H and O–H groups in total. The highest BCUT2D eigenvalue weighted by Crippen LogP contribution is 2.42. The second-order valence-corrected chi connectivity index (χ2v) is 6.85. The molecule has 0 aliphatic carbocycles. The highest BCUT2D eigenvalue weighted by Gasteiger charge is 2.34. The van der Waals surface area contributed by atoms with Crippen molar-refractivity contribution >= 4 is 11.6 Å². The fourth-order valence-corrected chi connectivity index (χ4v) is 3.46. The minimum absolute atomic E-state index is 0.0746. The molecule has 0 spiro atoms. The van der Waals surface area contributed by atoms with E-state index in [9.17, 15) is 5.26 Å². The molecule has 1 atom stereocenters. The van der Waals surface area contributed by atoms with Gasteiger partial charge in [0.05, 0.1) is 5.92 Å². The van der Waals surface area contributed by atoms with Crippen LogP contribution >= 0.6 is 11.6 Å². The number of ether oxygens (including phenoxy) is 2. The lowest BCUT2D eigenvalue weighted by atomic mass is 9.84. The van der Waals surface area contributed by atoms with Gasteiger partial charge in [0, 0.05) is 21.8 Å². The number of nitrogens with two attached hydrogens (primary N) is 1. The zero-order valence-electron chi connectivity index (χ0n) is 15.1. The number of hydrogen-bond acceptors (Lipinski definition) is 5. The van der Waals surface area contributed by atoms with Gasteiger partial charge in [-0.3, -0.25) is 5.10 Å². The van der Waals surface area contributed by atoms with Gasteiger partial charge in [-0.05, 0) is 30.7 Å². The van der Waals surface area contributed by atoms with Crippen molar-refractivity contribution in [2.75, 3.05) is 0 Å². The van der Waals surface area contributed by atoms with Gasteiger partial charge < -0.3 is 15.2 Å². The van der Waals surface area contributed by atoms with Crippen LogP contribution in [0.4, 0.5) is 0 Å². The summed E-state index contributed by atoms with van der Waals surface area (Å²) in [6, 6.07) is 17.3. The van der Waals surface area contributed by atoms with E-state index in [0.29, 0.717) is 28.8 Å². The molecule has 0 amide bonds. The number of H-pyrrole nitrogens is 1. The Morgan fingerprint density at radius 1 is 1.25 bits per heavy atom. The summed E-state index contributed by atoms with van der Waals surface area (Å²) in [4.78, 5) is 0. The average molecular weight is 393 g/mol. The van der Waals surface area contributed by atoms with Gasteiger partial charge >= 0.3 is 0 Å². The van der Waals surface area contributed by atoms with Crippen molar-refractivity contribution in [1.82, 2.24) is 10.2 Å². The molecule has 0 radical (unpaired) electrons. The van der Waals surface area contributed by atoms with Gasteiger partial charge in [-0.25, -0.2) is 0 Å². The lowest BCUT2D eigenvalue weighted by Crippen LogP contribution is -2.21. The van der Waals surface area contributed by atoms with E-state index >= 15 is 0 Å². The number of nitrogens with zero attached hydrogens (tertiary/aromatic N) is 2. The lowest BCUT2D eigenvalue weighted by molar-refractivity contribution is 0.306. The van der Waals surface area contributed by atoms with Crippen molar-refractivity contribution in [2.24, 2.45) is 5.73 Å². The van der Waals surface area contributed by atoms with Crippen molar-refractivity contribution in [3.05, 3.63) is 87.4 Å². The maximum atomic E-state index is 9.60. The summed E-state index contributed by atoms with van der Waals surface area (Å²) in [6.45, 7) is 2.26. The molecule has 4 rings (SSSR count). The molecule has 140 valence electrons. The lowest BCUT2D eigenvalue weighted by Gasteiger charge is -2.23. The van der Waals surface area contributed by atoms with Gasteiger partial charge in [0.1, 0.15) is 24.0 Å². The van der Waals surface area contributed by atoms with E-state index in [1.807, 2.05) is 55.5 Å².